The van der Waals surface area contributed by atoms with E-state index in [4.69, 9.17) is 0 Å². The van der Waals surface area contributed by atoms with E-state index in [1.54, 1.807) is 22.7 Å². The van der Waals surface area contributed by atoms with Crippen LogP contribution in [0.15, 0.2) is 17.5 Å². The number of rotatable bonds is 10. The van der Waals surface area contributed by atoms with Gasteiger partial charge in [0.2, 0.25) is 0 Å². The summed E-state index contributed by atoms with van der Waals surface area (Å²) in [6.45, 7) is 7.09. The topological polar surface area (TPSA) is 0 Å². The average molecular weight is 429 g/mol. The molecule has 0 fully saturated rings. The zero-order valence-electron chi connectivity index (χ0n) is 13.9. The van der Waals surface area contributed by atoms with Crippen LogP contribution < -0.4 is 2.89 Å². The van der Waals surface area contributed by atoms with Crippen molar-refractivity contribution in [1.29, 1.82) is 0 Å². The van der Waals surface area contributed by atoms with Crippen molar-refractivity contribution in [3.63, 3.8) is 0 Å². The molecule has 2 aromatic rings. The fourth-order valence-electron chi connectivity index (χ4n) is 3.32. The van der Waals surface area contributed by atoms with Gasteiger partial charge in [-0.1, -0.05) is 0 Å². The van der Waals surface area contributed by atoms with Crippen molar-refractivity contribution in [2.24, 2.45) is 0 Å². The van der Waals surface area contributed by atoms with E-state index in [2.05, 4.69) is 49.6 Å². The first-order valence-electron chi connectivity index (χ1n) is 8.73. The molecule has 3 heteroatoms. The maximum atomic E-state index is 2.61. The maximum absolute atomic E-state index is 2.61. The molecule has 0 aliphatic rings. The van der Waals surface area contributed by atoms with Crippen molar-refractivity contribution in [3.8, 4) is 0 Å². The van der Waals surface area contributed by atoms with E-state index in [0.29, 0.717) is 0 Å². The van der Waals surface area contributed by atoms with E-state index in [-0.39, 0.29) is 0 Å². The molecule has 118 valence electrons. The summed E-state index contributed by atoms with van der Waals surface area (Å²) < 4.78 is 9.79. The molecule has 0 amide bonds. The molecule has 0 N–H and O–H groups in total. The summed E-state index contributed by atoms with van der Waals surface area (Å²) in [7, 11) is 0. The number of thiophene rings is 2. The van der Waals surface area contributed by atoms with Crippen LogP contribution >= 0.6 is 22.7 Å². The summed E-state index contributed by atoms with van der Waals surface area (Å²) in [6, 6.07) is 4.95. The van der Waals surface area contributed by atoms with Crippen LogP contribution in [0.3, 0.4) is 0 Å². The molecule has 0 radical (unpaired) electrons. The minimum atomic E-state index is -2.14. The van der Waals surface area contributed by atoms with Gasteiger partial charge in [0.25, 0.3) is 0 Å². The first-order chi connectivity index (χ1) is 10.3. The Kier molecular flexibility index (Phi) is 7.57. The molecule has 2 heterocycles. The molecule has 21 heavy (non-hydrogen) atoms. The first-order valence-corrected chi connectivity index (χ1v) is 17.9. The molecule has 0 aromatic carbocycles. The van der Waals surface area contributed by atoms with Crippen LogP contribution in [0.2, 0.25) is 13.3 Å². The van der Waals surface area contributed by atoms with Gasteiger partial charge in [-0.3, -0.25) is 0 Å². The Hall–Kier alpha value is 0.459. The van der Waals surface area contributed by atoms with Gasteiger partial charge >= 0.3 is 143 Å². The Bertz CT molecular complexity index is 476. The average Bonchev–Trinajstić information content (AvgIpc) is 3.08. The fraction of sp³-hybridized carbons (Fsp3) is 0.667. The monoisotopic (exact) mass is 430 g/mol. The van der Waals surface area contributed by atoms with Crippen LogP contribution in [0.1, 0.15) is 59.3 Å². The second-order valence-electron chi connectivity index (χ2n) is 6.35. The van der Waals surface area contributed by atoms with E-state index in [1.807, 2.05) is 14.2 Å². The molecular weight excluding hydrogens is 399 g/mol. The van der Waals surface area contributed by atoms with E-state index >= 15 is 0 Å². The summed E-state index contributed by atoms with van der Waals surface area (Å²) in [6.07, 6.45) is 8.52. The second-order valence-corrected chi connectivity index (χ2v) is 22.5. The number of fused-ring (bicyclic) bond motifs is 1. The molecular formula is C18H30S2Sn. The van der Waals surface area contributed by atoms with Gasteiger partial charge in [0.15, 0.2) is 0 Å². The van der Waals surface area contributed by atoms with Crippen LogP contribution in [0.25, 0.3) is 9.40 Å². The Morgan fingerprint density at radius 2 is 1.43 bits per heavy atom. The SMILES string of the molecule is CCC[CH2][Sn]([CH2]CCC)([CH2]CCC)[c]1cc2sccc2s1. The molecule has 0 nitrogen and oxygen atoms in total. The Balaban J connectivity index is 2.31. The molecule has 2 rings (SSSR count). The molecule has 0 bridgehead atoms. The van der Waals surface area contributed by atoms with Crippen molar-refractivity contribution in [3.05, 3.63) is 17.5 Å². The number of unbranched alkanes of at least 4 members (excludes halogenated alkanes) is 3. The number of hydrogen-bond acceptors (Lipinski definition) is 2. The Labute approximate surface area is 142 Å². The second kappa shape index (κ2) is 8.93. The summed E-state index contributed by atoms with van der Waals surface area (Å²) >= 11 is 1.97. The molecule has 0 aliphatic heterocycles. The van der Waals surface area contributed by atoms with Crippen molar-refractivity contribution >= 4 is 53.3 Å². The molecule has 0 saturated heterocycles. The van der Waals surface area contributed by atoms with Crippen LogP contribution in [0.5, 0.6) is 0 Å². The molecule has 0 unspecified atom stereocenters. The zero-order chi connectivity index (χ0) is 15.1. The van der Waals surface area contributed by atoms with E-state index in [1.165, 1.54) is 38.5 Å². The predicted octanol–water partition coefficient (Wildman–Crippen LogP) is 7.02. The van der Waals surface area contributed by atoms with Crippen LogP contribution in [-0.2, 0) is 0 Å². The molecule has 2 aromatic heterocycles. The fourth-order valence-corrected chi connectivity index (χ4v) is 24.9. The van der Waals surface area contributed by atoms with E-state index in [9.17, 15) is 0 Å². The zero-order valence-corrected chi connectivity index (χ0v) is 18.4. The Morgan fingerprint density at radius 3 is 1.90 bits per heavy atom. The van der Waals surface area contributed by atoms with Gasteiger partial charge in [-0.05, 0) is 0 Å². The van der Waals surface area contributed by atoms with Gasteiger partial charge < -0.3 is 0 Å². The van der Waals surface area contributed by atoms with Gasteiger partial charge in [0.1, 0.15) is 0 Å². The van der Waals surface area contributed by atoms with Crippen LogP contribution in [-0.4, -0.2) is 18.4 Å². The van der Waals surface area contributed by atoms with Crippen molar-refractivity contribution in [2.75, 3.05) is 0 Å². The van der Waals surface area contributed by atoms with Crippen LogP contribution in [0, 0.1) is 0 Å². The first kappa shape index (κ1) is 17.8. The third-order valence-electron chi connectivity index (χ3n) is 4.69. The molecule has 0 atom stereocenters. The van der Waals surface area contributed by atoms with Crippen molar-refractivity contribution in [1.82, 2.24) is 0 Å². The normalized spacial score (nSPS) is 12.3. The van der Waals surface area contributed by atoms with Gasteiger partial charge in [-0.25, -0.2) is 0 Å². The summed E-state index contributed by atoms with van der Waals surface area (Å²) in [5.41, 5.74) is 0. The summed E-state index contributed by atoms with van der Waals surface area (Å²) in [4.78, 5) is 0. The standard InChI is InChI=1S/C6H3S2.3C4H9.Sn/c1-3-7-6-2-4-8-5(1)6;3*1-3-4-2;/h1-3H;3*1,3-4H2,2H3;. The van der Waals surface area contributed by atoms with Crippen molar-refractivity contribution in [2.45, 2.75) is 72.6 Å². The van der Waals surface area contributed by atoms with Gasteiger partial charge in [0.05, 0.1) is 0 Å². The van der Waals surface area contributed by atoms with Gasteiger partial charge in [0, 0.05) is 0 Å². The van der Waals surface area contributed by atoms with E-state index < -0.39 is 18.4 Å². The number of hydrogen-bond donors (Lipinski definition) is 0. The summed E-state index contributed by atoms with van der Waals surface area (Å²) in [5, 5.41) is 2.26. The molecule has 0 aliphatic carbocycles. The van der Waals surface area contributed by atoms with Gasteiger partial charge in [-0.2, -0.15) is 0 Å². The molecule has 0 saturated carbocycles. The predicted molar refractivity (Wildman–Crippen MR) is 104 cm³/mol. The van der Waals surface area contributed by atoms with Gasteiger partial charge in [-0.15, -0.1) is 0 Å². The molecule has 0 spiro atoms. The van der Waals surface area contributed by atoms with Crippen molar-refractivity contribution < 1.29 is 0 Å². The van der Waals surface area contributed by atoms with E-state index in [0.717, 1.165) is 0 Å². The minimum absolute atomic E-state index is 1.37. The Morgan fingerprint density at radius 1 is 0.857 bits per heavy atom. The third-order valence-corrected chi connectivity index (χ3v) is 25.0. The van der Waals surface area contributed by atoms with Crippen LogP contribution in [0.4, 0.5) is 0 Å². The quantitative estimate of drug-likeness (QED) is 0.356. The third kappa shape index (κ3) is 4.48. The summed E-state index contributed by atoms with van der Waals surface area (Å²) in [5.74, 6) is 0.